The topological polar surface area (TPSA) is 67.2 Å². The second-order valence-corrected chi connectivity index (χ2v) is 7.38. The van der Waals surface area contributed by atoms with Crippen LogP contribution in [0, 0.1) is 0 Å². The van der Waals surface area contributed by atoms with Crippen LogP contribution in [0.1, 0.15) is 49.9 Å². The Morgan fingerprint density at radius 1 is 1.26 bits per heavy atom. The van der Waals surface area contributed by atoms with E-state index in [0.29, 0.717) is 6.54 Å². The first-order valence-corrected chi connectivity index (χ1v) is 9.81. The van der Waals surface area contributed by atoms with Crippen LogP contribution in [0.25, 0.3) is 0 Å². The van der Waals surface area contributed by atoms with Crippen molar-refractivity contribution in [2.45, 2.75) is 58.7 Å². The summed E-state index contributed by atoms with van der Waals surface area (Å²) in [6, 6.07) is 0.271. The van der Waals surface area contributed by atoms with E-state index in [1.807, 2.05) is 16.6 Å². The van der Waals surface area contributed by atoms with Gasteiger partial charge in [0.15, 0.2) is 0 Å². The summed E-state index contributed by atoms with van der Waals surface area (Å²) in [5.41, 5.74) is 3.49. The molecular weight excluding hydrogens is 340 g/mol. The Hall–Kier alpha value is -2.28. The molecule has 3 rings (SSSR count). The van der Waals surface area contributed by atoms with Crippen molar-refractivity contribution in [3.8, 4) is 0 Å². The molecule has 2 aromatic heterocycles. The predicted octanol–water partition coefficient (Wildman–Crippen LogP) is 2.18. The molecule has 1 amide bonds. The van der Waals surface area contributed by atoms with Crippen LogP contribution in [-0.4, -0.2) is 54.6 Å². The van der Waals surface area contributed by atoms with Crippen molar-refractivity contribution < 1.29 is 4.79 Å². The highest BCUT2D eigenvalue weighted by Crippen LogP contribution is 2.21. The number of aryl methyl sites for hydroxylation is 2. The quantitative estimate of drug-likeness (QED) is 0.780. The standard InChI is InChI=1S/C20H30N6O/c1-4-20-18(13-24(3)23-20)14-25-8-5-6-19(7-9-25)26(16(2)27)12-17-10-21-15-22-11-17/h10-11,13,15,19H,4-9,12,14H2,1-3H3/t19-/m1/s1. The molecule has 1 aliphatic heterocycles. The van der Waals surface area contributed by atoms with E-state index in [2.05, 4.69) is 33.1 Å². The molecule has 1 atom stereocenters. The van der Waals surface area contributed by atoms with Crippen molar-refractivity contribution in [2.75, 3.05) is 13.1 Å². The Morgan fingerprint density at radius 3 is 2.74 bits per heavy atom. The second-order valence-electron chi connectivity index (χ2n) is 7.38. The van der Waals surface area contributed by atoms with Gasteiger partial charge in [0.05, 0.1) is 5.69 Å². The Balaban J connectivity index is 1.63. The molecule has 146 valence electrons. The van der Waals surface area contributed by atoms with Crippen LogP contribution < -0.4 is 0 Å². The van der Waals surface area contributed by atoms with Gasteiger partial charge in [0.2, 0.25) is 5.91 Å². The van der Waals surface area contributed by atoms with E-state index in [1.165, 1.54) is 17.6 Å². The average molecular weight is 371 g/mol. The lowest BCUT2D eigenvalue weighted by atomic mass is 10.1. The van der Waals surface area contributed by atoms with Crippen LogP contribution in [0.3, 0.4) is 0 Å². The fourth-order valence-electron chi connectivity index (χ4n) is 3.97. The number of likely N-dealkylation sites (tertiary alicyclic amines) is 1. The van der Waals surface area contributed by atoms with Gasteiger partial charge < -0.3 is 4.90 Å². The fraction of sp³-hybridized carbons (Fsp3) is 0.600. The van der Waals surface area contributed by atoms with Gasteiger partial charge in [-0.2, -0.15) is 5.10 Å². The summed E-state index contributed by atoms with van der Waals surface area (Å²) < 4.78 is 1.91. The van der Waals surface area contributed by atoms with E-state index in [0.717, 1.165) is 50.9 Å². The largest absolute Gasteiger partial charge is 0.335 e. The van der Waals surface area contributed by atoms with Crippen LogP contribution in [0.5, 0.6) is 0 Å². The van der Waals surface area contributed by atoms with Gasteiger partial charge in [-0.25, -0.2) is 9.97 Å². The highest BCUT2D eigenvalue weighted by atomic mass is 16.2. The van der Waals surface area contributed by atoms with E-state index in [-0.39, 0.29) is 11.9 Å². The summed E-state index contributed by atoms with van der Waals surface area (Å²) in [5, 5.41) is 4.56. The van der Waals surface area contributed by atoms with Gasteiger partial charge >= 0.3 is 0 Å². The predicted molar refractivity (Wildman–Crippen MR) is 104 cm³/mol. The van der Waals surface area contributed by atoms with Crippen molar-refractivity contribution in [1.29, 1.82) is 0 Å². The first-order chi connectivity index (χ1) is 13.1. The molecule has 0 aliphatic carbocycles. The van der Waals surface area contributed by atoms with Crippen LogP contribution in [0.2, 0.25) is 0 Å². The van der Waals surface area contributed by atoms with E-state index in [4.69, 9.17) is 0 Å². The number of amides is 1. The van der Waals surface area contributed by atoms with Crippen molar-refractivity contribution in [3.63, 3.8) is 0 Å². The first kappa shape index (κ1) is 19.5. The molecule has 2 aromatic rings. The Bertz CT molecular complexity index is 744. The second kappa shape index (κ2) is 9.08. The minimum atomic E-state index is 0.123. The summed E-state index contributed by atoms with van der Waals surface area (Å²) in [5.74, 6) is 0.123. The maximum Gasteiger partial charge on any atom is 0.219 e. The molecule has 0 saturated carbocycles. The van der Waals surface area contributed by atoms with E-state index in [9.17, 15) is 4.79 Å². The number of nitrogens with zero attached hydrogens (tertiary/aromatic N) is 6. The third-order valence-corrected chi connectivity index (χ3v) is 5.32. The monoisotopic (exact) mass is 370 g/mol. The van der Waals surface area contributed by atoms with Crippen molar-refractivity contribution >= 4 is 5.91 Å². The van der Waals surface area contributed by atoms with E-state index < -0.39 is 0 Å². The fourth-order valence-corrected chi connectivity index (χ4v) is 3.97. The van der Waals surface area contributed by atoms with Crippen molar-refractivity contribution in [3.05, 3.63) is 41.7 Å². The molecule has 0 spiro atoms. The van der Waals surface area contributed by atoms with Gasteiger partial charge in [-0.1, -0.05) is 6.92 Å². The SMILES string of the molecule is CCc1nn(C)cc1CN1CCC[C@@H](N(Cc2cncnc2)C(C)=O)CC1. The minimum Gasteiger partial charge on any atom is -0.335 e. The Labute approximate surface area is 161 Å². The van der Waals surface area contributed by atoms with Gasteiger partial charge in [0.25, 0.3) is 0 Å². The molecule has 0 bridgehead atoms. The number of aromatic nitrogens is 4. The molecule has 0 unspecified atom stereocenters. The van der Waals surface area contributed by atoms with Gasteiger partial charge in [-0.3, -0.25) is 14.4 Å². The van der Waals surface area contributed by atoms with Crippen LogP contribution in [0.4, 0.5) is 0 Å². The van der Waals surface area contributed by atoms with E-state index >= 15 is 0 Å². The molecule has 0 N–H and O–H groups in total. The Morgan fingerprint density at radius 2 is 2.04 bits per heavy atom. The molecular formula is C20H30N6O. The summed E-state index contributed by atoms with van der Waals surface area (Å²) in [4.78, 5) is 24.9. The average Bonchev–Trinajstić information content (AvgIpc) is 2.86. The van der Waals surface area contributed by atoms with Gasteiger partial charge in [-0.05, 0) is 32.2 Å². The zero-order valence-corrected chi connectivity index (χ0v) is 16.6. The maximum atomic E-state index is 12.3. The summed E-state index contributed by atoms with van der Waals surface area (Å²) in [7, 11) is 1.99. The first-order valence-electron chi connectivity index (χ1n) is 9.81. The summed E-state index contributed by atoms with van der Waals surface area (Å²) >= 11 is 0. The number of hydrogen-bond donors (Lipinski definition) is 0. The molecule has 27 heavy (non-hydrogen) atoms. The maximum absolute atomic E-state index is 12.3. The third kappa shape index (κ3) is 5.13. The highest BCUT2D eigenvalue weighted by molar-refractivity contribution is 5.73. The lowest BCUT2D eigenvalue weighted by molar-refractivity contribution is -0.132. The summed E-state index contributed by atoms with van der Waals surface area (Å²) in [6.45, 7) is 7.41. The number of carbonyl (C=O) groups is 1. The molecule has 1 saturated heterocycles. The number of hydrogen-bond acceptors (Lipinski definition) is 5. The van der Waals surface area contributed by atoms with Crippen molar-refractivity contribution in [2.24, 2.45) is 7.05 Å². The zero-order chi connectivity index (χ0) is 19.2. The molecule has 3 heterocycles. The smallest absolute Gasteiger partial charge is 0.219 e. The highest BCUT2D eigenvalue weighted by Gasteiger charge is 2.25. The lowest BCUT2D eigenvalue weighted by Gasteiger charge is -2.30. The van der Waals surface area contributed by atoms with E-state index in [1.54, 1.807) is 19.3 Å². The normalized spacial score (nSPS) is 18.3. The van der Waals surface area contributed by atoms with Crippen LogP contribution >= 0.6 is 0 Å². The number of carbonyl (C=O) groups excluding carboxylic acids is 1. The zero-order valence-electron chi connectivity index (χ0n) is 16.6. The molecule has 0 aromatic carbocycles. The third-order valence-electron chi connectivity index (χ3n) is 5.32. The molecule has 1 aliphatic rings. The van der Waals surface area contributed by atoms with Crippen molar-refractivity contribution in [1.82, 2.24) is 29.5 Å². The summed E-state index contributed by atoms with van der Waals surface area (Å²) in [6.07, 6.45) is 11.3. The van der Waals surface area contributed by atoms with Gasteiger partial charge in [0.1, 0.15) is 6.33 Å². The van der Waals surface area contributed by atoms with Gasteiger partial charge in [-0.15, -0.1) is 0 Å². The minimum absolute atomic E-state index is 0.123. The molecule has 7 nitrogen and oxygen atoms in total. The van der Waals surface area contributed by atoms with Gasteiger partial charge in [0, 0.05) is 69.4 Å². The molecule has 1 fully saturated rings. The Kier molecular flexibility index (Phi) is 6.55. The number of rotatable bonds is 6. The lowest BCUT2D eigenvalue weighted by Crippen LogP contribution is -2.39. The van der Waals surface area contributed by atoms with Crippen LogP contribution in [-0.2, 0) is 31.4 Å². The molecule has 0 radical (unpaired) electrons. The molecule has 7 heteroatoms. The van der Waals surface area contributed by atoms with Crippen LogP contribution in [0.15, 0.2) is 24.9 Å².